The van der Waals surface area contributed by atoms with Gasteiger partial charge in [-0.3, -0.25) is 0 Å². The van der Waals surface area contributed by atoms with Crippen molar-refractivity contribution in [3.8, 4) is 22.5 Å². The standard InChI is InChI=1S/C46H33N3S/c1-3-46(47-23-9-8-18-37(47)29-14-5-4-12-27(29)2)36-26-40-34(25-35(36)38-19-10-13-28-24-42(46)48(28)38)31-16-11-17-33-43-39(49(40)44(31)33)22-21-32-30-15-6-7-20-41(30)50-45(32)43/h4-23,25-26,42H,3,24H2,1-2H3/q+2. The second-order valence-corrected chi connectivity index (χ2v) is 15.5. The summed E-state index contributed by atoms with van der Waals surface area (Å²) in [5.74, 6) is 0. The van der Waals surface area contributed by atoms with E-state index in [4.69, 9.17) is 0 Å². The molecule has 4 heteroatoms. The molecule has 3 nitrogen and oxygen atoms in total. The molecule has 5 aromatic carbocycles. The summed E-state index contributed by atoms with van der Waals surface area (Å²) < 4.78 is 10.6. The van der Waals surface area contributed by atoms with Gasteiger partial charge in [0.05, 0.1) is 22.1 Å². The summed E-state index contributed by atoms with van der Waals surface area (Å²) in [7, 11) is 0. The SMILES string of the molecule is CCC1([n+]2ccccc2-c2ccccc2C)c2cc3c(cc2-c2cccc4[n+]2C1C4)c1cccc2c4c5sc6ccccc6c5ccc4n3c12. The average molecular weight is 660 g/mol. The van der Waals surface area contributed by atoms with Crippen LogP contribution in [0.1, 0.15) is 36.2 Å². The van der Waals surface area contributed by atoms with Crippen LogP contribution in [0.3, 0.4) is 0 Å². The lowest BCUT2D eigenvalue weighted by Gasteiger charge is -2.42. The van der Waals surface area contributed by atoms with E-state index in [2.05, 4.69) is 161 Å². The lowest BCUT2D eigenvalue weighted by molar-refractivity contribution is -0.859. The first kappa shape index (κ1) is 27.3. The maximum Gasteiger partial charge on any atom is 0.255 e. The highest BCUT2D eigenvalue weighted by atomic mass is 32.1. The van der Waals surface area contributed by atoms with Crippen LogP contribution < -0.4 is 9.13 Å². The van der Waals surface area contributed by atoms with Crippen LogP contribution in [0.4, 0.5) is 0 Å². The van der Waals surface area contributed by atoms with Gasteiger partial charge in [0.2, 0.25) is 17.4 Å². The predicted octanol–water partition coefficient (Wildman–Crippen LogP) is 10.7. The fourth-order valence-corrected chi connectivity index (χ4v) is 11.4. The van der Waals surface area contributed by atoms with Gasteiger partial charge in [0.1, 0.15) is 6.42 Å². The Morgan fingerprint density at radius 3 is 2.42 bits per heavy atom. The molecule has 0 saturated heterocycles. The number of aryl methyl sites for hydroxylation is 1. The molecule has 236 valence electrons. The van der Waals surface area contributed by atoms with Crippen molar-refractivity contribution in [2.45, 2.75) is 38.3 Å². The Morgan fingerprint density at radius 2 is 1.50 bits per heavy atom. The minimum absolute atomic E-state index is 0.273. The number of fused-ring (bicyclic) bond motifs is 12. The molecule has 0 fully saturated rings. The van der Waals surface area contributed by atoms with Gasteiger partial charge < -0.3 is 4.40 Å². The highest BCUT2D eigenvalue weighted by Gasteiger charge is 2.64. The summed E-state index contributed by atoms with van der Waals surface area (Å²) in [6, 6.07) is 48.6. The van der Waals surface area contributed by atoms with E-state index in [9.17, 15) is 0 Å². The molecule has 2 atom stereocenters. The van der Waals surface area contributed by atoms with E-state index >= 15 is 0 Å². The smallest absolute Gasteiger partial charge is 0.255 e. The third-order valence-corrected chi connectivity index (χ3v) is 13.5. The van der Waals surface area contributed by atoms with Crippen LogP contribution in [0.15, 0.2) is 134 Å². The Morgan fingerprint density at radius 1 is 0.700 bits per heavy atom. The van der Waals surface area contributed by atoms with Gasteiger partial charge >= 0.3 is 0 Å². The van der Waals surface area contributed by atoms with E-state index in [0.29, 0.717) is 6.04 Å². The van der Waals surface area contributed by atoms with Crippen molar-refractivity contribution in [1.29, 1.82) is 0 Å². The zero-order valence-electron chi connectivity index (χ0n) is 27.9. The molecular formula is C46H33N3S+2. The summed E-state index contributed by atoms with van der Waals surface area (Å²) in [5.41, 5.74) is 13.1. The van der Waals surface area contributed by atoms with E-state index < -0.39 is 0 Å². The number of pyridine rings is 2. The van der Waals surface area contributed by atoms with Gasteiger partial charge in [-0.25, -0.2) is 0 Å². The highest BCUT2D eigenvalue weighted by molar-refractivity contribution is 7.26. The molecule has 2 aliphatic heterocycles. The molecule has 2 unspecified atom stereocenters. The maximum absolute atomic E-state index is 2.66. The average Bonchev–Trinajstić information content (AvgIpc) is 3.80. The minimum Gasteiger partial charge on any atom is -0.308 e. The topological polar surface area (TPSA) is 12.2 Å². The fraction of sp³-hybridized carbons (Fsp3) is 0.130. The second kappa shape index (κ2) is 9.35. The Balaban J connectivity index is 1.24. The Labute approximate surface area is 293 Å². The van der Waals surface area contributed by atoms with Crippen molar-refractivity contribution in [3.63, 3.8) is 0 Å². The molecule has 50 heavy (non-hydrogen) atoms. The first-order valence-electron chi connectivity index (χ1n) is 17.8. The fourth-order valence-electron chi connectivity index (χ4n) is 10.2. The maximum atomic E-state index is 2.66. The van der Waals surface area contributed by atoms with Gasteiger partial charge in [0, 0.05) is 83.5 Å². The number of hydrogen-bond donors (Lipinski definition) is 0. The van der Waals surface area contributed by atoms with Crippen molar-refractivity contribution in [3.05, 3.63) is 150 Å². The van der Waals surface area contributed by atoms with Crippen molar-refractivity contribution >= 4 is 69.6 Å². The first-order valence-corrected chi connectivity index (χ1v) is 18.7. The van der Waals surface area contributed by atoms with E-state index in [0.717, 1.165) is 12.8 Å². The van der Waals surface area contributed by atoms with E-state index in [1.807, 2.05) is 11.3 Å². The Hall–Kier alpha value is -5.58. The van der Waals surface area contributed by atoms with Gasteiger partial charge in [-0.2, -0.15) is 9.13 Å². The van der Waals surface area contributed by atoms with Gasteiger partial charge in [-0.1, -0.05) is 67.6 Å². The lowest BCUT2D eigenvalue weighted by Crippen LogP contribution is -2.75. The van der Waals surface area contributed by atoms with Gasteiger partial charge in [-0.15, -0.1) is 11.3 Å². The van der Waals surface area contributed by atoms with Gasteiger partial charge in [0.15, 0.2) is 11.9 Å². The van der Waals surface area contributed by atoms with E-state index in [1.165, 1.54) is 97.6 Å². The molecule has 0 radical (unpaired) electrons. The number of aromatic nitrogens is 3. The molecule has 5 aromatic heterocycles. The first-order chi connectivity index (χ1) is 24.7. The van der Waals surface area contributed by atoms with Crippen LogP contribution in [0, 0.1) is 6.92 Å². The Bertz CT molecular complexity index is 3090. The minimum atomic E-state index is -0.273. The molecule has 0 N–H and O–H groups in total. The summed E-state index contributed by atoms with van der Waals surface area (Å²) in [4.78, 5) is 0. The summed E-state index contributed by atoms with van der Waals surface area (Å²) in [6.07, 6.45) is 4.40. The quantitative estimate of drug-likeness (QED) is 0.167. The zero-order valence-corrected chi connectivity index (χ0v) is 28.8. The number of benzene rings is 5. The van der Waals surface area contributed by atoms with Crippen LogP contribution in [0.25, 0.3) is 80.8 Å². The zero-order chi connectivity index (χ0) is 32.9. The summed E-state index contributed by atoms with van der Waals surface area (Å²) >= 11 is 1.93. The van der Waals surface area contributed by atoms with Crippen molar-refractivity contribution in [2.75, 3.05) is 0 Å². The number of rotatable bonds is 3. The third-order valence-electron chi connectivity index (χ3n) is 12.3. The van der Waals surface area contributed by atoms with Crippen molar-refractivity contribution in [2.24, 2.45) is 0 Å². The van der Waals surface area contributed by atoms with Crippen molar-refractivity contribution < 1.29 is 9.13 Å². The van der Waals surface area contributed by atoms with Gasteiger partial charge in [0.25, 0.3) is 5.54 Å². The monoisotopic (exact) mass is 659 g/mol. The van der Waals surface area contributed by atoms with Crippen LogP contribution in [-0.4, -0.2) is 4.40 Å². The third kappa shape index (κ3) is 3.09. The molecule has 12 rings (SSSR count). The molecular weight excluding hydrogens is 627 g/mol. The molecule has 0 saturated carbocycles. The molecule has 0 spiro atoms. The molecule has 2 aliphatic rings. The lowest BCUT2D eigenvalue weighted by atomic mass is 9.68. The summed E-state index contributed by atoms with van der Waals surface area (Å²) in [5, 5.41) is 8.12. The van der Waals surface area contributed by atoms with E-state index in [1.54, 1.807) is 0 Å². The van der Waals surface area contributed by atoms with Crippen LogP contribution in [0.5, 0.6) is 0 Å². The van der Waals surface area contributed by atoms with Crippen LogP contribution >= 0.6 is 11.3 Å². The molecule has 10 aromatic rings. The number of para-hydroxylation sites is 1. The number of nitrogens with zero attached hydrogens (tertiary/aromatic N) is 3. The molecule has 0 aliphatic carbocycles. The Kier molecular flexibility index (Phi) is 5.10. The normalized spacial score (nSPS) is 18.1. The van der Waals surface area contributed by atoms with E-state index in [-0.39, 0.29) is 5.54 Å². The largest absolute Gasteiger partial charge is 0.308 e. The highest BCUT2D eigenvalue weighted by Crippen LogP contribution is 2.52. The number of hydrogen-bond acceptors (Lipinski definition) is 1. The van der Waals surface area contributed by atoms with Crippen LogP contribution in [-0.2, 0) is 12.0 Å². The molecule has 7 heterocycles. The molecule has 0 amide bonds. The van der Waals surface area contributed by atoms with Crippen molar-refractivity contribution in [1.82, 2.24) is 4.40 Å². The second-order valence-electron chi connectivity index (χ2n) is 14.4. The van der Waals surface area contributed by atoms with Crippen LogP contribution in [0.2, 0.25) is 0 Å². The van der Waals surface area contributed by atoms with Gasteiger partial charge in [-0.05, 0) is 55.0 Å². The predicted molar refractivity (Wildman–Crippen MR) is 207 cm³/mol. The summed E-state index contributed by atoms with van der Waals surface area (Å²) in [6.45, 7) is 4.65. The number of thiophene rings is 1. The molecule has 0 bridgehead atoms.